The van der Waals surface area contributed by atoms with E-state index in [0.717, 1.165) is 22.9 Å². The maximum Gasteiger partial charge on any atom is 0.224 e. The molecule has 1 fully saturated rings. The molecule has 132 valence electrons. The van der Waals surface area contributed by atoms with Crippen LogP contribution in [0.4, 0.5) is 0 Å². The van der Waals surface area contributed by atoms with Crippen molar-refractivity contribution in [3.8, 4) is 0 Å². The minimum absolute atomic E-state index is 0.00157. The van der Waals surface area contributed by atoms with E-state index in [9.17, 15) is 9.59 Å². The lowest BCUT2D eigenvalue weighted by Crippen LogP contribution is -2.43. The highest BCUT2D eigenvalue weighted by Crippen LogP contribution is 2.21. The van der Waals surface area contributed by atoms with E-state index in [4.69, 9.17) is 0 Å². The lowest BCUT2D eigenvalue weighted by atomic mass is 10.1. The predicted molar refractivity (Wildman–Crippen MR) is 99.7 cm³/mol. The van der Waals surface area contributed by atoms with Crippen molar-refractivity contribution in [1.82, 2.24) is 10.2 Å². The second-order valence-electron chi connectivity index (χ2n) is 6.51. The molecule has 1 aromatic carbocycles. The van der Waals surface area contributed by atoms with Crippen molar-refractivity contribution in [2.24, 2.45) is 0 Å². The number of carbonyl (C=O) groups is 2. The molecule has 0 bridgehead atoms. The van der Waals surface area contributed by atoms with Crippen molar-refractivity contribution in [1.29, 1.82) is 0 Å². The first-order valence-electron chi connectivity index (χ1n) is 8.84. The molecule has 1 N–H and O–H groups in total. The van der Waals surface area contributed by atoms with Gasteiger partial charge in [-0.1, -0.05) is 53.7 Å². The highest BCUT2D eigenvalue weighted by Gasteiger charge is 2.21. The Morgan fingerprint density at radius 2 is 1.75 bits per heavy atom. The predicted octanol–water partition coefficient (Wildman–Crippen LogP) is 3.68. The summed E-state index contributed by atoms with van der Waals surface area (Å²) in [7, 11) is 0. The summed E-state index contributed by atoms with van der Waals surface area (Å²) in [5.41, 5.74) is 0.989. The van der Waals surface area contributed by atoms with Gasteiger partial charge >= 0.3 is 0 Å². The van der Waals surface area contributed by atoms with Crippen LogP contribution in [0.5, 0.6) is 0 Å². The number of hydrogen-bond donors (Lipinski definition) is 1. The van der Waals surface area contributed by atoms with E-state index >= 15 is 0 Å². The van der Waals surface area contributed by atoms with Crippen LogP contribution in [0.1, 0.15) is 51.0 Å². The first kappa shape index (κ1) is 19.0. The Morgan fingerprint density at radius 3 is 2.33 bits per heavy atom. The van der Waals surface area contributed by atoms with E-state index in [2.05, 4.69) is 21.2 Å². The number of rotatable bonds is 6. The van der Waals surface area contributed by atoms with E-state index in [0.29, 0.717) is 25.6 Å². The molecule has 0 heterocycles. The molecule has 1 aromatic rings. The SMILES string of the molecule is CC(=O)N(CCNC(=O)Cc1ccc(Br)cc1)C1CCCCCC1. The summed E-state index contributed by atoms with van der Waals surface area (Å²) in [4.78, 5) is 26.0. The van der Waals surface area contributed by atoms with Crippen molar-refractivity contribution in [3.63, 3.8) is 0 Å². The summed E-state index contributed by atoms with van der Waals surface area (Å²) in [6, 6.07) is 8.10. The van der Waals surface area contributed by atoms with Crippen molar-refractivity contribution < 1.29 is 9.59 Å². The zero-order valence-corrected chi connectivity index (χ0v) is 16.0. The molecule has 24 heavy (non-hydrogen) atoms. The second kappa shape index (κ2) is 9.82. The average Bonchev–Trinajstić information content (AvgIpc) is 2.82. The Morgan fingerprint density at radius 1 is 1.12 bits per heavy atom. The van der Waals surface area contributed by atoms with Crippen LogP contribution in [0.15, 0.2) is 28.7 Å². The van der Waals surface area contributed by atoms with E-state index in [1.807, 2.05) is 29.2 Å². The van der Waals surface area contributed by atoms with Gasteiger partial charge in [-0.2, -0.15) is 0 Å². The lowest BCUT2D eigenvalue weighted by Gasteiger charge is -2.30. The largest absolute Gasteiger partial charge is 0.354 e. The van der Waals surface area contributed by atoms with E-state index in [1.165, 1.54) is 25.7 Å². The fourth-order valence-corrected chi connectivity index (χ4v) is 3.60. The van der Waals surface area contributed by atoms with Gasteiger partial charge in [0.1, 0.15) is 0 Å². The van der Waals surface area contributed by atoms with E-state index in [1.54, 1.807) is 6.92 Å². The smallest absolute Gasteiger partial charge is 0.224 e. The molecular formula is C19H27BrN2O2. The van der Waals surface area contributed by atoms with Gasteiger partial charge < -0.3 is 10.2 Å². The quantitative estimate of drug-likeness (QED) is 0.748. The number of amides is 2. The molecule has 0 aromatic heterocycles. The summed E-state index contributed by atoms with van der Waals surface area (Å²) in [5.74, 6) is 0.116. The summed E-state index contributed by atoms with van der Waals surface area (Å²) in [6.07, 6.45) is 7.49. The van der Waals surface area contributed by atoms with Crippen LogP contribution >= 0.6 is 15.9 Å². The first-order chi connectivity index (χ1) is 11.6. The number of nitrogens with one attached hydrogen (secondary N) is 1. The number of hydrogen-bond acceptors (Lipinski definition) is 2. The second-order valence-corrected chi connectivity index (χ2v) is 7.43. The van der Waals surface area contributed by atoms with Gasteiger partial charge in [-0.3, -0.25) is 9.59 Å². The van der Waals surface area contributed by atoms with Crippen LogP contribution in [-0.4, -0.2) is 35.8 Å². The molecule has 5 heteroatoms. The molecule has 0 spiro atoms. The molecule has 0 radical (unpaired) electrons. The Balaban J connectivity index is 1.78. The Kier molecular flexibility index (Phi) is 7.76. The number of halogens is 1. The summed E-state index contributed by atoms with van der Waals surface area (Å²) in [6.45, 7) is 2.76. The van der Waals surface area contributed by atoms with Gasteiger partial charge in [-0.05, 0) is 30.5 Å². The molecule has 0 atom stereocenters. The van der Waals surface area contributed by atoms with Crippen molar-refractivity contribution >= 4 is 27.7 Å². The maximum atomic E-state index is 12.1. The molecule has 2 rings (SSSR count). The molecular weight excluding hydrogens is 368 g/mol. The zero-order chi connectivity index (χ0) is 17.4. The standard InChI is InChI=1S/C19H27BrN2O2/c1-15(23)22(18-6-4-2-3-5-7-18)13-12-21-19(24)14-16-8-10-17(20)11-9-16/h8-11,18H,2-7,12-14H2,1H3,(H,21,24). The van der Waals surface area contributed by atoms with Crippen LogP contribution in [0, 0.1) is 0 Å². The molecule has 0 saturated heterocycles. The molecule has 2 amide bonds. The number of benzene rings is 1. The molecule has 1 aliphatic carbocycles. The topological polar surface area (TPSA) is 49.4 Å². The van der Waals surface area contributed by atoms with Crippen LogP contribution in [0.2, 0.25) is 0 Å². The molecule has 4 nitrogen and oxygen atoms in total. The molecule has 0 aliphatic heterocycles. The molecule has 1 aliphatic rings. The van der Waals surface area contributed by atoms with Crippen molar-refractivity contribution in [2.45, 2.75) is 57.9 Å². The minimum atomic E-state index is 0.00157. The summed E-state index contributed by atoms with van der Waals surface area (Å²) < 4.78 is 1.01. The van der Waals surface area contributed by atoms with Crippen LogP contribution in [0.3, 0.4) is 0 Å². The minimum Gasteiger partial charge on any atom is -0.354 e. The fourth-order valence-electron chi connectivity index (χ4n) is 3.33. The number of nitrogens with zero attached hydrogens (tertiary/aromatic N) is 1. The Hall–Kier alpha value is -1.36. The highest BCUT2D eigenvalue weighted by atomic mass is 79.9. The van der Waals surface area contributed by atoms with Crippen LogP contribution in [0.25, 0.3) is 0 Å². The van der Waals surface area contributed by atoms with Crippen molar-refractivity contribution in [2.75, 3.05) is 13.1 Å². The van der Waals surface area contributed by atoms with Crippen LogP contribution < -0.4 is 5.32 Å². The van der Waals surface area contributed by atoms with Crippen LogP contribution in [-0.2, 0) is 16.0 Å². The molecule has 1 saturated carbocycles. The Labute approximate surface area is 153 Å². The monoisotopic (exact) mass is 394 g/mol. The third-order valence-electron chi connectivity index (χ3n) is 4.62. The van der Waals surface area contributed by atoms with Gasteiger partial charge in [0.25, 0.3) is 0 Å². The van der Waals surface area contributed by atoms with Gasteiger partial charge in [0.05, 0.1) is 6.42 Å². The van der Waals surface area contributed by atoms with Crippen molar-refractivity contribution in [3.05, 3.63) is 34.3 Å². The maximum absolute atomic E-state index is 12.1. The van der Waals surface area contributed by atoms with E-state index in [-0.39, 0.29) is 11.8 Å². The van der Waals surface area contributed by atoms with Gasteiger partial charge in [0, 0.05) is 30.5 Å². The molecule has 0 unspecified atom stereocenters. The third-order valence-corrected chi connectivity index (χ3v) is 5.15. The highest BCUT2D eigenvalue weighted by molar-refractivity contribution is 9.10. The summed E-state index contributed by atoms with van der Waals surface area (Å²) >= 11 is 3.39. The Bertz CT molecular complexity index is 537. The van der Waals surface area contributed by atoms with Gasteiger partial charge in [0.2, 0.25) is 11.8 Å². The summed E-state index contributed by atoms with van der Waals surface area (Å²) in [5, 5.41) is 2.94. The lowest BCUT2D eigenvalue weighted by molar-refractivity contribution is -0.132. The van der Waals surface area contributed by atoms with Gasteiger partial charge in [-0.25, -0.2) is 0 Å². The number of carbonyl (C=O) groups excluding carboxylic acids is 2. The average molecular weight is 395 g/mol. The van der Waals surface area contributed by atoms with Gasteiger partial charge in [-0.15, -0.1) is 0 Å². The fraction of sp³-hybridized carbons (Fsp3) is 0.579. The van der Waals surface area contributed by atoms with E-state index < -0.39 is 0 Å². The normalized spacial score (nSPS) is 15.6. The third kappa shape index (κ3) is 6.27. The first-order valence-corrected chi connectivity index (χ1v) is 9.64. The zero-order valence-electron chi connectivity index (χ0n) is 14.4. The van der Waals surface area contributed by atoms with Gasteiger partial charge in [0.15, 0.2) is 0 Å².